The Morgan fingerprint density at radius 2 is 2.00 bits per heavy atom. The van der Waals surface area contributed by atoms with Crippen molar-refractivity contribution >= 4 is 5.97 Å². The third kappa shape index (κ3) is 1.95. The van der Waals surface area contributed by atoms with Gasteiger partial charge in [-0.05, 0) is 20.9 Å². The summed E-state index contributed by atoms with van der Waals surface area (Å²) < 4.78 is 9.71. The predicted octanol–water partition coefficient (Wildman–Crippen LogP) is 0.172. The fraction of sp³-hybridized carbons (Fsp3) is 0.875. The molecule has 72 valence electrons. The van der Waals surface area contributed by atoms with Crippen LogP contribution in [0.5, 0.6) is 0 Å². The quantitative estimate of drug-likeness (QED) is 0.619. The standard InChI is InChI=1S/C8H17NO3/c1-6(11-4)8(2,9-3)7(10)12-5/h6,9H,1-5H3. The second-order valence-electron chi connectivity index (χ2n) is 2.82. The lowest BCUT2D eigenvalue weighted by Crippen LogP contribution is -2.56. The van der Waals surface area contributed by atoms with E-state index in [1.807, 2.05) is 6.92 Å². The van der Waals surface area contributed by atoms with E-state index in [4.69, 9.17) is 4.74 Å². The molecule has 0 aliphatic carbocycles. The molecule has 2 atom stereocenters. The smallest absolute Gasteiger partial charge is 0.328 e. The first kappa shape index (κ1) is 11.4. The number of esters is 1. The lowest BCUT2D eigenvalue weighted by molar-refractivity contribution is -0.153. The van der Waals surface area contributed by atoms with Crippen LogP contribution in [-0.4, -0.2) is 38.9 Å². The number of rotatable bonds is 4. The minimum absolute atomic E-state index is 0.227. The van der Waals surface area contributed by atoms with Gasteiger partial charge in [0.1, 0.15) is 5.54 Å². The molecular formula is C8H17NO3. The minimum atomic E-state index is -0.774. The molecular weight excluding hydrogens is 158 g/mol. The molecule has 2 unspecified atom stereocenters. The van der Waals surface area contributed by atoms with Gasteiger partial charge in [0.15, 0.2) is 0 Å². The van der Waals surface area contributed by atoms with Crippen molar-refractivity contribution < 1.29 is 14.3 Å². The van der Waals surface area contributed by atoms with Crippen LogP contribution in [0.2, 0.25) is 0 Å². The molecule has 0 aromatic carbocycles. The summed E-state index contributed by atoms with van der Waals surface area (Å²) >= 11 is 0. The fourth-order valence-corrected chi connectivity index (χ4v) is 0.919. The van der Waals surface area contributed by atoms with Gasteiger partial charge >= 0.3 is 5.97 Å². The third-order valence-electron chi connectivity index (χ3n) is 2.30. The predicted molar refractivity (Wildman–Crippen MR) is 46.0 cm³/mol. The molecule has 0 bridgehead atoms. The Bertz CT molecular complexity index is 160. The molecule has 0 amide bonds. The van der Waals surface area contributed by atoms with Crippen LogP contribution in [0.25, 0.3) is 0 Å². The van der Waals surface area contributed by atoms with Gasteiger partial charge in [0.2, 0.25) is 0 Å². The van der Waals surface area contributed by atoms with Crippen LogP contribution >= 0.6 is 0 Å². The highest BCUT2D eigenvalue weighted by molar-refractivity contribution is 5.81. The second kappa shape index (κ2) is 4.42. The van der Waals surface area contributed by atoms with Gasteiger partial charge in [-0.1, -0.05) is 0 Å². The van der Waals surface area contributed by atoms with Crippen LogP contribution in [0, 0.1) is 0 Å². The molecule has 0 heterocycles. The molecule has 0 saturated carbocycles. The van der Waals surface area contributed by atoms with Crippen molar-refractivity contribution in [2.45, 2.75) is 25.5 Å². The van der Waals surface area contributed by atoms with E-state index in [1.54, 1.807) is 21.1 Å². The minimum Gasteiger partial charge on any atom is -0.468 e. The van der Waals surface area contributed by atoms with Gasteiger partial charge in [0, 0.05) is 7.11 Å². The van der Waals surface area contributed by atoms with Crippen molar-refractivity contribution in [2.24, 2.45) is 0 Å². The van der Waals surface area contributed by atoms with E-state index >= 15 is 0 Å². The van der Waals surface area contributed by atoms with Crippen LogP contribution in [0.4, 0.5) is 0 Å². The van der Waals surface area contributed by atoms with E-state index < -0.39 is 5.54 Å². The van der Waals surface area contributed by atoms with Crippen molar-refractivity contribution in [1.82, 2.24) is 5.32 Å². The molecule has 4 nitrogen and oxygen atoms in total. The Labute approximate surface area is 73.2 Å². The number of methoxy groups -OCH3 is 2. The molecule has 0 aromatic heterocycles. The first-order valence-corrected chi connectivity index (χ1v) is 3.83. The summed E-state index contributed by atoms with van der Waals surface area (Å²) in [5, 5.41) is 2.88. The summed E-state index contributed by atoms with van der Waals surface area (Å²) in [4.78, 5) is 11.3. The number of hydrogen-bond acceptors (Lipinski definition) is 4. The topological polar surface area (TPSA) is 47.6 Å². The Balaban J connectivity index is 4.54. The molecule has 0 saturated heterocycles. The zero-order valence-corrected chi connectivity index (χ0v) is 8.30. The average Bonchev–Trinajstić information content (AvgIpc) is 2.13. The molecule has 4 heteroatoms. The number of carbonyl (C=O) groups is 1. The van der Waals surface area contributed by atoms with Crippen LogP contribution in [0.1, 0.15) is 13.8 Å². The van der Waals surface area contributed by atoms with Crippen LogP contribution in [0.3, 0.4) is 0 Å². The maximum Gasteiger partial charge on any atom is 0.328 e. The largest absolute Gasteiger partial charge is 0.468 e. The Morgan fingerprint density at radius 1 is 1.50 bits per heavy atom. The average molecular weight is 175 g/mol. The lowest BCUT2D eigenvalue weighted by atomic mass is 9.96. The molecule has 12 heavy (non-hydrogen) atoms. The first-order valence-electron chi connectivity index (χ1n) is 3.83. The number of carbonyl (C=O) groups excluding carboxylic acids is 1. The molecule has 0 aromatic rings. The molecule has 0 radical (unpaired) electrons. The monoisotopic (exact) mass is 175 g/mol. The molecule has 0 aliphatic rings. The van der Waals surface area contributed by atoms with E-state index in [9.17, 15) is 4.79 Å². The van der Waals surface area contributed by atoms with Gasteiger partial charge in [0.25, 0.3) is 0 Å². The van der Waals surface area contributed by atoms with E-state index in [1.165, 1.54) is 7.11 Å². The Kier molecular flexibility index (Phi) is 4.20. The summed E-state index contributed by atoms with van der Waals surface area (Å²) in [5.41, 5.74) is -0.774. The van der Waals surface area contributed by atoms with Gasteiger partial charge in [-0.15, -0.1) is 0 Å². The van der Waals surface area contributed by atoms with Crippen molar-refractivity contribution in [3.05, 3.63) is 0 Å². The van der Waals surface area contributed by atoms with Gasteiger partial charge < -0.3 is 14.8 Å². The van der Waals surface area contributed by atoms with E-state index in [0.29, 0.717) is 0 Å². The Hall–Kier alpha value is -0.610. The summed E-state index contributed by atoms with van der Waals surface area (Å²) in [6.07, 6.45) is -0.227. The third-order valence-corrected chi connectivity index (χ3v) is 2.30. The normalized spacial score (nSPS) is 18.1. The zero-order valence-electron chi connectivity index (χ0n) is 8.30. The van der Waals surface area contributed by atoms with Gasteiger partial charge in [0.05, 0.1) is 13.2 Å². The first-order chi connectivity index (χ1) is 5.52. The van der Waals surface area contributed by atoms with Crippen molar-refractivity contribution in [3.63, 3.8) is 0 Å². The number of hydrogen-bond donors (Lipinski definition) is 1. The maximum atomic E-state index is 11.3. The highest BCUT2D eigenvalue weighted by Gasteiger charge is 2.38. The second-order valence-corrected chi connectivity index (χ2v) is 2.82. The summed E-state index contributed by atoms with van der Waals surface area (Å²) in [5.74, 6) is -0.320. The number of likely N-dealkylation sites (N-methyl/N-ethyl adjacent to an activating group) is 1. The lowest BCUT2D eigenvalue weighted by Gasteiger charge is -2.31. The van der Waals surface area contributed by atoms with E-state index in [2.05, 4.69) is 10.1 Å². The molecule has 0 rings (SSSR count). The van der Waals surface area contributed by atoms with Gasteiger partial charge in [-0.2, -0.15) is 0 Å². The van der Waals surface area contributed by atoms with Gasteiger partial charge in [-0.3, -0.25) is 0 Å². The number of ether oxygens (including phenoxy) is 2. The summed E-state index contributed by atoms with van der Waals surface area (Å²) in [6.45, 7) is 3.56. The molecule has 0 fully saturated rings. The highest BCUT2D eigenvalue weighted by atomic mass is 16.5. The van der Waals surface area contributed by atoms with Crippen LogP contribution < -0.4 is 5.32 Å². The van der Waals surface area contributed by atoms with Crippen molar-refractivity contribution in [1.29, 1.82) is 0 Å². The van der Waals surface area contributed by atoms with Gasteiger partial charge in [-0.25, -0.2) is 4.79 Å². The van der Waals surface area contributed by atoms with Crippen LogP contribution in [-0.2, 0) is 14.3 Å². The number of nitrogens with one attached hydrogen (secondary N) is 1. The molecule has 1 N–H and O–H groups in total. The maximum absolute atomic E-state index is 11.3. The van der Waals surface area contributed by atoms with Crippen molar-refractivity contribution in [2.75, 3.05) is 21.3 Å². The fourth-order valence-electron chi connectivity index (χ4n) is 0.919. The van der Waals surface area contributed by atoms with E-state index in [0.717, 1.165) is 0 Å². The SMILES string of the molecule is CNC(C)(C(=O)OC)C(C)OC. The van der Waals surface area contributed by atoms with Crippen LogP contribution in [0.15, 0.2) is 0 Å². The van der Waals surface area contributed by atoms with E-state index in [-0.39, 0.29) is 12.1 Å². The summed E-state index contributed by atoms with van der Waals surface area (Å²) in [7, 11) is 4.62. The highest BCUT2D eigenvalue weighted by Crippen LogP contribution is 2.13. The Morgan fingerprint density at radius 3 is 2.25 bits per heavy atom. The zero-order chi connectivity index (χ0) is 9.78. The molecule has 0 spiro atoms. The molecule has 0 aliphatic heterocycles. The van der Waals surface area contributed by atoms with Crippen molar-refractivity contribution in [3.8, 4) is 0 Å². The summed E-state index contributed by atoms with van der Waals surface area (Å²) in [6, 6.07) is 0.